The molecule has 9 nitrogen and oxygen atoms in total. The van der Waals surface area contributed by atoms with Crippen molar-refractivity contribution in [3.8, 4) is 16.9 Å². The van der Waals surface area contributed by atoms with Crippen LogP contribution < -0.4 is 4.74 Å². The summed E-state index contributed by atoms with van der Waals surface area (Å²) in [5, 5.41) is 16.3. The number of allylic oxidation sites excluding steroid dienone is 1. The number of benzene rings is 1. The summed E-state index contributed by atoms with van der Waals surface area (Å²) in [6, 6.07) is 2.54. The Bertz CT molecular complexity index is 1250. The number of piperidine rings is 1. The van der Waals surface area contributed by atoms with Crippen molar-refractivity contribution in [2.75, 3.05) is 39.8 Å². The molecule has 0 atom stereocenters. The molecule has 1 spiro atoms. The van der Waals surface area contributed by atoms with Gasteiger partial charge < -0.3 is 14.6 Å². The number of H-pyrrole nitrogens is 1. The minimum absolute atomic E-state index is 0.156. The summed E-state index contributed by atoms with van der Waals surface area (Å²) in [6.07, 6.45) is 9.69. The van der Waals surface area contributed by atoms with Gasteiger partial charge in [0, 0.05) is 56.7 Å². The van der Waals surface area contributed by atoms with Crippen molar-refractivity contribution in [2.24, 2.45) is 0 Å². The summed E-state index contributed by atoms with van der Waals surface area (Å²) in [7, 11) is 1.29. The summed E-state index contributed by atoms with van der Waals surface area (Å²) in [5.41, 5.74) is 1.41. The van der Waals surface area contributed by atoms with E-state index in [0.717, 1.165) is 11.8 Å². The van der Waals surface area contributed by atoms with Crippen LogP contribution in [-0.2, 0) is 20.9 Å². The summed E-state index contributed by atoms with van der Waals surface area (Å²) >= 11 is 0. The monoisotopic (exact) mass is 604 g/mol. The number of aromatic amines is 1. The molecule has 238 valence electrons. The number of aliphatic carboxylic acids is 1. The number of morpholine rings is 1. The van der Waals surface area contributed by atoms with Gasteiger partial charge in [-0.15, -0.1) is 0 Å². The van der Waals surface area contributed by atoms with Gasteiger partial charge in [-0.25, -0.2) is 9.18 Å². The molecule has 1 aromatic carbocycles. The van der Waals surface area contributed by atoms with Crippen LogP contribution in [0.1, 0.15) is 66.0 Å². The number of nitrogens with one attached hydrogen (secondary N) is 1. The molecule has 0 radical (unpaired) electrons. The maximum Gasteiger partial charge on any atom is 0.335 e. The molecule has 0 amide bonds. The highest BCUT2D eigenvalue weighted by molar-refractivity contribution is 5.89. The number of carbonyl (C=O) groups excluding carboxylic acids is 1. The largest absolute Gasteiger partial charge is 0.493 e. The van der Waals surface area contributed by atoms with E-state index in [0.29, 0.717) is 63.1 Å². The molecule has 2 aromatic rings. The minimum atomic E-state index is -1.05. The fourth-order valence-corrected chi connectivity index (χ4v) is 5.07. The Hall–Kier alpha value is -3.57. The molecule has 0 bridgehead atoms. The van der Waals surface area contributed by atoms with E-state index in [2.05, 4.69) is 28.9 Å². The third-order valence-electron chi connectivity index (χ3n) is 6.94. The highest BCUT2D eigenvalue weighted by Gasteiger charge is 2.43. The fourth-order valence-electron chi connectivity index (χ4n) is 5.07. The van der Waals surface area contributed by atoms with Crippen LogP contribution in [0.5, 0.6) is 5.75 Å². The lowest BCUT2D eigenvalue weighted by molar-refractivity contribution is -0.180. The number of rotatable bonds is 9. The van der Waals surface area contributed by atoms with Gasteiger partial charge in [0.1, 0.15) is 5.60 Å². The van der Waals surface area contributed by atoms with Crippen molar-refractivity contribution < 1.29 is 33.0 Å². The number of hydrogen-bond acceptors (Lipinski definition) is 7. The zero-order valence-corrected chi connectivity index (χ0v) is 26.2. The molecule has 2 saturated heterocycles. The van der Waals surface area contributed by atoms with E-state index in [1.165, 1.54) is 19.6 Å². The molecule has 2 N–H and O–H groups in total. The Balaban J connectivity index is 0.00000121. The molecule has 1 aromatic heterocycles. The van der Waals surface area contributed by atoms with Crippen LogP contribution in [0, 0.1) is 11.6 Å². The second kappa shape index (κ2) is 17.5. The number of methoxy groups -OCH3 is 1. The van der Waals surface area contributed by atoms with E-state index >= 15 is 0 Å². The maximum atomic E-state index is 14.3. The molecule has 43 heavy (non-hydrogen) atoms. The average Bonchev–Trinajstić information content (AvgIpc) is 3.44. The lowest BCUT2D eigenvalue weighted by Gasteiger charge is -2.46. The highest BCUT2D eigenvalue weighted by Crippen LogP contribution is 2.36. The van der Waals surface area contributed by atoms with Crippen LogP contribution in [0.25, 0.3) is 11.1 Å². The number of hydrogen-bond donors (Lipinski definition) is 2. The molecule has 0 aliphatic carbocycles. The predicted octanol–water partition coefficient (Wildman–Crippen LogP) is 5.98. The summed E-state index contributed by atoms with van der Waals surface area (Å²) in [6.45, 7) is 13.1. The normalized spacial score (nSPS) is 17.1. The van der Waals surface area contributed by atoms with Gasteiger partial charge >= 0.3 is 11.9 Å². The van der Waals surface area contributed by atoms with Crippen molar-refractivity contribution in [3.63, 3.8) is 0 Å². The van der Waals surface area contributed by atoms with Gasteiger partial charge in [0.25, 0.3) is 0 Å². The Morgan fingerprint density at radius 2 is 1.84 bits per heavy atom. The summed E-state index contributed by atoms with van der Waals surface area (Å²) in [4.78, 5) is 27.9. The SMILES string of the molecule is CC.CC/C=C(\C=C/CN1CC(=O)OC2(CCN(Cc3[nH]ncc3-c3ccc(F)c(F)c3OC)CC2)C1)C(=O)O.CCC. The van der Waals surface area contributed by atoms with Crippen LogP contribution in [0.3, 0.4) is 0 Å². The van der Waals surface area contributed by atoms with Crippen molar-refractivity contribution in [1.29, 1.82) is 0 Å². The molecule has 0 saturated carbocycles. The first kappa shape index (κ1) is 35.6. The van der Waals surface area contributed by atoms with Crippen LogP contribution in [-0.4, -0.2) is 82.5 Å². The first-order valence-electron chi connectivity index (χ1n) is 15.0. The Kier molecular flexibility index (Phi) is 14.5. The molecular formula is C32H46F2N4O5. The number of halogens is 2. The van der Waals surface area contributed by atoms with Gasteiger partial charge in [-0.2, -0.15) is 9.49 Å². The van der Waals surface area contributed by atoms with E-state index < -0.39 is 23.2 Å². The molecule has 0 unspecified atom stereocenters. The average molecular weight is 605 g/mol. The van der Waals surface area contributed by atoms with Gasteiger partial charge in [0.15, 0.2) is 11.6 Å². The Morgan fingerprint density at radius 3 is 2.44 bits per heavy atom. The number of esters is 1. The quantitative estimate of drug-likeness (QED) is 0.205. The maximum absolute atomic E-state index is 14.3. The highest BCUT2D eigenvalue weighted by atomic mass is 19.2. The van der Waals surface area contributed by atoms with Crippen molar-refractivity contribution >= 4 is 11.9 Å². The molecule has 2 aliphatic heterocycles. The molecule has 3 heterocycles. The zero-order chi connectivity index (χ0) is 32.0. The number of aromatic nitrogens is 2. The second-order valence-corrected chi connectivity index (χ2v) is 10.3. The predicted molar refractivity (Wildman–Crippen MR) is 163 cm³/mol. The molecule has 2 fully saturated rings. The van der Waals surface area contributed by atoms with Crippen molar-refractivity contribution in [3.05, 3.63) is 59.5 Å². The van der Waals surface area contributed by atoms with Crippen molar-refractivity contribution in [1.82, 2.24) is 20.0 Å². The second-order valence-electron chi connectivity index (χ2n) is 10.3. The van der Waals surface area contributed by atoms with E-state index in [9.17, 15) is 23.5 Å². The Labute approximate surface area is 253 Å². The van der Waals surface area contributed by atoms with Crippen LogP contribution >= 0.6 is 0 Å². The van der Waals surface area contributed by atoms with Crippen LogP contribution in [0.2, 0.25) is 0 Å². The summed E-state index contributed by atoms with van der Waals surface area (Å²) < 4.78 is 38.9. The smallest absolute Gasteiger partial charge is 0.335 e. The molecule has 11 heteroatoms. The first-order valence-corrected chi connectivity index (χ1v) is 15.0. The van der Waals surface area contributed by atoms with Gasteiger partial charge in [-0.05, 0) is 18.6 Å². The van der Waals surface area contributed by atoms with Gasteiger partial charge in [-0.1, -0.05) is 59.3 Å². The summed E-state index contributed by atoms with van der Waals surface area (Å²) in [5.74, 6) is -3.47. The zero-order valence-electron chi connectivity index (χ0n) is 26.2. The topological polar surface area (TPSA) is 108 Å². The third-order valence-corrected chi connectivity index (χ3v) is 6.94. The lowest BCUT2D eigenvalue weighted by atomic mass is 9.89. The molecule has 4 rings (SSSR count). The van der Waals surface area contributed by atoms with Crippen molar-refractivity contribution in [2.45, 2.75) is 72.4 Å². The first-order chi connectivity index (χ1) is 20.7. The Morgan fingerprint density at radius 1 is 1.16 bits per heavy atom. The molecule has 2 aliphatic rings. The number of nitrogens with zero attached hydrogens (tertiary/aromatic N) is 3. The van der Waals surface area contributed by atoms with E-state index in [-0.39, 0.29) is 23.8 Å². The molecular weight excluding hydrogens is 558 g/mol. The number of ether oxygens (including phenoxy) is 2. The third kappa shape index (κ3) is 9.72. The standard InChI is InChI=1S/C27H32F2N4O5.C3H8.C2H6/c1-3-5-18(26(35)36)6-4-11-33-16-23(34)38-27(17-33)9-12-32(13-10-27)15-22-20(14-30-31-22)19-7-8-21(28)24(29)25(19)37-2;1-3-2;1-2/h4-8,14H,3,9-13,15-17H2,1-2H3,(H,30,31)(H,35,36);3H2,1-2H3;1-2H3/b6-4-,18-5+;;. The van der Waals surface area contributed by atoms with E-state index in [4.69, 9.17) is 9.47 Å². The number of carbonyl (C=O) groups is 2. The van der Waals surface area contributed by atoms with Gasteiger partial charge in [0.05, 0.1) is 31.1 Å². The van der Waals surface area contributed by atoms with Crippen LogP contribution in [0.4, 0.5) is 8.78 Å². The fraction of sp³-hybridized carbons (Fsp3) is 0.531. The lowest BCUT2D eigenvalue weighted by Crippen LogP contribution is -2.58. The number of carboxylic acids is 1. The van der Waals surface area contributed by atoms with Gasteiger partial charge in [-0.3, -0.25) is 19.7 Å². The van der Waals surface area contributed by atoms with E-state index in [1.807, 2.05) is 25.7 Å². The van der Waals surface area contributed by atoms with E-state index in [1.54, 1.807) is 24.4 Å². The number of likely N-dealkylation sites (tertiary alicyclic amines) is 1. The minimum Gasteiger partial charge on any atom is -0.493 e. The van der Waals surface area contributed by atoms with Gasteiger partial charge in [0.2, 0.25) is 5.82 Å². The number of carboxylic acid groups (broad SMARTS) is 1. The van der Waals surface area contributed by atoms with Crippen LogP contribution in [0.15, 0.2) is 42.1 Å².